The zero-order chi connectivity index (χ0) is 21.1. The van der Waals surface area contributed by atoms with Crippen molar-refractivity contribution in [2.75, 3.05) is 30.8 Å². The number of rotatable bonds is 4. The van der Waals surface area contributed by atoms with Crippen molar-refractivity contribution in [3.05, 3.63) is 53.6 Å². The number of thiazole rings is 1. The van der Waals surface area contributed by atoms with Crippen LogP contribution < -0.4 is 16.4 Å². The number of nitrogens with zero attached hydrogens (tertiary/aromatic N) is 4. The number of hydrogen-bond donors (Lipinski definition) is 2. The van der Waals surface area contributed by atoms with Crippen LogP contribution in [0.4, 0.5) is 10.8 Å². The summed E-state index contributed by atoms with van der Waals surface area (Å²) in [5.41, 5.74) is 17.4. The Morgan fingerprint density at radius 2 is 1.87 bits per heavy atom. The van der Waals surface area contributed by atoms with E-state index in [9.17, 15) is 0 Å². The number of benzene rings is 2. The Hall–Kier alpha value is -3.21. The van der Waals surface area contributed by atoms with Gasteiger partial charge < -0.3 is 16.4 Å². The van der Waals surface area contributed by atoms with Crippen LogP contribution in [0.1, 0.15) is 24.0 Å². The van der Waals surface area contributed by atoms with E-state index in [1.54, 1.807) is 24.6 Å². The van der Waals surface area contributed by atoms with Gasteiger partial charge in [-0.05, 0) is 42.7 Å². The van der Waals surface area contributed by atoms with Gasteiger partial charge in [-0.1, -0.05) is 29.5 Å². The standard InChI is InChI=1S/C23H24N6S/c1-27-14-18-12-17(6-7-20(18)26)22-21(16-4-2-15(13-24)3-5-16)28-23(30-22)29-10-8-19(25)9-11-29/h2-7,12,14,19H,8-11,25-26H2,1H3. The number of aromatic nitrogens is 1. The molecule has 1 aliphatic heterocycles. The van der Waals surface area contributed by atoms with Crippen molar-refractivity contribution in [1.82, 2.24) is 4.98 Å². The van der Waals surface area contributed by atoms with Crippen LogP contribution in [0, 0.1) is 11.3 Å². The number of piperidine rings is 1. The monoisotopic (exact) mass is 416 g/mol. The molecule has 1 saturated heterocycles. The molecular weight excluding hydrogens is 392 g/mol. The van der Waals surface area contributed by atoms with Crippen molar-refractivity contribution in [2.45, 2.75) is 18.9 Å². The summed E-state index contributed by atoms with van der Waals surface area (Å²) in [7, 11) is 1.74. The van der Waals surface area contributed by atoms with Gasteiger partial charge in [-0.2, -0.15) is 5.26 Å². The third kappa shape index (κ3) is 4.06. The molecule has 0 aliphatic carbocycles. The fourth-order valence-electron chi connectivity index (χ4n) is 3.60. The highest BCUT2D eigenvalue weighted by Gasteiger charge is 2.22. The molecule has 0 saturated carbocycles. The highest BCUT2D eigenvalue weighted by Crippen LogP contribution is 2.41. The Bertz CT molecular complexity index is 1100. The first-order valence-electron chi connectivity index (χ1n) is 9.93. The van der Waals surface area contributed by atoms with Crippen LogP contribution in [0.25, 0.3) is 21.7 Å². The number of nitrogens with two attached hydrogens (primary N) is 2. The summed E-state index contributed by atoms with van der Waals surface area (Å²) in [5.74, 6) is 0. The second-order valence-electron chi connectivity index (χ2n) is 7.42. The molecule has 0 unspecified atom stereocenters. The molecule has 2 heterocycles. The summed E-state index contributed by atoms with van der Waals surface area (Å²) in [6.07, 6.45) is 3.72. The summed E-state index contributed by atoms with van der Waals surface area (Å²) in [5, 5.41) is 10.1. The average molecular weight is 417 g/mol. The number of aliphatic imine (C=N–C) groups is 1. The van der Waals surface area contributed by atoms with Gasteiger partial charge in [-0.15, -0.1) is 0 Å². The van der Waals surface area contributed by atoms with Crippen molar-refractivity contribution in [3.8, 4) is 27.8 Å². The summed E-state index contributed by atoms with van der Waals surface area (Å²) in [4.78, 5) is 12.5. The van der Waals surface area contributed by atoms with Crippen LogP contribution in [0.5, 0.6) is 0 Å². The van der Waals surface area contributed by atoms with E-state index in [2.05, 4.69) is 22.0 Å². The normalized spacial score (nSPS) is 14.9. The minimum Gasteiger partial charge on any atom is -0.398 e. The van der Waals surface area contributed by atoms with Crippen LogP contribution in [0.2, 0.25) is 0 Å². The lowest BCUT2D eigenvalue weighted by Crippen LogP contribution is -2.39. The summed E-state index contributed by atoms with van der Waals surface area (Å²) < 4.78 is 0. The summed E-state index contributed by atoms with van der Waals surface area (Å²) >= 11 is 1.68. The molecule has 152 valence electrons. The second kappa shape index (κ2) is 8.66. The van der Waals surface area contributed by atoms with Crippen molar-refractivity contribution >= 4 is 28.4 Å². The van der Waals surface area contributed by atoms with Crippen LogP contribution in [-0.2, 0) is 0 Å². The third-order valence-electron chi connectivity index (χ3n) is 5.33. The first-order chi connectivity index (χ1) is 14.6. The zero-order valence-corrected chi connectivity index (χ0v) is 17.7. The minimum atomic E-state index is 0.270. The molecule has 0 atom stereocenters. The Morgan fingerprint density at radius 1 is 1.17 bits per heavy atom. The molecule has 30 heavy (non-hydrogen) atoms. The molecule has 0 spiro atoms. The molecule has 0 amide bonds. The van der Waals surface area contributed by atoms with Crippen molar-refractivity contribution in [2.24, 2.45) is 10.7 Å². The topological polar surface area (TPSA) is 104 Å². The van der Waals surface area contributed by atoms with E-state index in [-0.39, 0.29) is 6.04 Å². The molecule has 4 N–H and O–H groups in total. The van der Waals surface area contributed by atoms with Gasteiger partial charge in [0.1, 0.15) is 0 Å². The Kier molecular flexibility index (Phi) is 5.79. The van der Waals surface area contributed by atoms with Gasteiger partial charge >= 0.3 is 0 Å². The van der Waals surface area contributed by atoms with E-state index < -0.39 is 0 Å². The minimum absolute atomic E-state index is 0.270. The Labute approximate surface area is 180 Å². The van der Waals surface area contributed by atoms with Gasteiger partial charge in [0.2, 0.25) is 0 Å². The average Bonchev–Trinajstić information content (AvgIpc) is 3.21. The van der Waals surface area contributed by atoms with E-state index in [4.69, 9.17) is 21.7 Å². The highest BCUT2D eigenvalue weighted by atomic mass is 32.1. The lowest BCUT2D eigenvalue weighted by molar-refractivity contribution is 0.501. The lowest BCUT2D eigenvalue weighted by Gasteiger charge is -2.29. The molecule has 0 radical (unpaired) electrons. The molecule has 3 aromatic rings. The number of nitrogen functional groups attached to an aromatic ring is 1. The molecule has 1 fully saturated rings. The smallest absolute Gasteiger partial charge is 0.186 e. The predicted molar refractivity (Wildman–Crippen MR) is 125 cm³/mol. The molecule has 4 rings (SSSR count). The van der Waals surface area contributed by atoms with Gasteiger partial charge in [-0.25, -0.2) is 4.98 Å². The number of nitriles is 1. The SMILES string of the molecule is CN=Cc1cc(-c2sc(N3CCC(N)CC3)nc2-c2ccc(C#N)cc2)ccc1N. The Morgan fingerprint density at radius 3 is 2.53 bits per heavy atom. The lowest BCUT2D eigenvalue weighted by atomic mass is 10.0. The molecule has 2 aromatic carbocycles. The van der Waals surface area contributed by atoms with E-state index >= 15 is 0 Å². The van der Waals surface area contributed by atoms with Crippen LogP contribution in [-0.4, -0.2) is 37.4 Å². The first kappa shape index (κ1) is 20.1. The number of hydrogen-bond acceptors (Lipinski definition) is 7. The Balaban J connectivity index is 1.81. The fraction of sp³-hybridized carbons (Fsp3) is 0.261. The number of anilines is 2. The quantitative estimate of drug-likeness (QED) is 0.496. The van der Waals surface area contributed by atoms with Gasteiger partial charge in [-0.3, -0.25) is 4.99 Å². The molecule has 7 heteroatoms. The van der Waals surface area contributed by atoms with E-state index in [0.717, 1.165) is 58.3 Å². The predicted octanol–water partition coefficient (Wildman–Crippen LogP) is 3.91. The van der Waals surface area contributed by atoms with Crippen molar-refractivity contribution in [1.29, 1.82) is 5.26 Å². The van der Waals surface area contributed by atoms with Crippen LogP contribution in [0.3, 0.4) is 0 Å². The maximum atomic E-state index is 9.13. The van der Waals surface area contributed by atoms with E-state index in [1.807, 2.05) is 36.4 Å². The molecular formula is C23H24N6S. The molecule has 0 bridgehead atoms. The first-order valence-corrected chi connectivity index (χ1v) is 10.7. The summed E-state index contributed by atoms with van der Waals surface area (Å²) in [6.45, 7) is 1.83. The third-order valence-corrected chi connectivity index (χ3v) is 6.50. The van der Waals surface area contributed by atoms with Gasteiger partial charge in [0, 0.05) is 49.2 Å². The van der Waals surface area contributed by atoms with Gasteiger partial charge in [0.05, 0.1) is 22.2 Å². The summed E-state index contributed by atoms with van der Waals surface area (Å²) in [6, 6.07) is 16.0. The van der Waals surface area contributed by atoms with Gasteiger partial charge in [0.15, 0.2) is 5.13 Å². The van der Waals surface area contributed by atoms with Crippen molar-refractivity contribution in [3.63, 3.8) is 0 Å². The van der Waals surface area contributed by atoms with Gasteiger partial charge in [0.25, 0.3) is 0 Å². The zero-order valence-electron chi connectivity index (χ0n) is 16.9. The maximum absolute atomic E-state index is 9.13. The largest absolute Gasteiger partial charge is 0.398 e. The van der Waals surface area contributed by atoms with E-state index in [0.29, 0.717) is 11.3 Å². The van der Waals surface area contributed by atoms with Crippen LogP contribution in [0.15, 0.2) is 47.5 Å². The van der Waals surface area contributed by atoms with Crippen LogP contribution >= 0.6 is 11.3 Å². The molecule has 1 aromatic heterocycles. The molecule has 6 nitrogen and oxygen atoms in total. The maximum Gasteiger partial charge on any atom is 0.186 e. The highest BCUT2D eigenvalue weighted by molar-refractivity contribution is 7.19. The van der Waals surface area contributed by atoms with E-state index in [1.165, 1.54) is 0 Å². The molecule has 1 aliphatic rings. The fourth-order valence-corrected chi connectivity index (χ4v) is 4.73. The van der Waals surface area contributed by atoms with Crippen molar-refractivity contribution < 1.29 is 0 Å². The second-order valence-corrected chi connectivity index (χ2v) is 8.40.